The van der Waals surface area contributed by atoms with Gasteiger partial charge < -0.3 is 15.0 Å². The Morgan fingerprint density at radius 3 is 2.64 bits per heavy atom. The van der Waals surface area contributed by atoms with Gasteiger partial charge in [0, 0.05) is 45.8 Å². The molecule has 0 aromatic heterocycles. The van der Waals surface area contributed by atoms with Gasteiger partial charge in [0.25, 0.3) is 0 Å². The number of hydrogen-bond acceptors (Lipinski definition) is 3. The number of likely N-dealkylation sites (tertiary alicyclic amines) is 1. The minimum atomic E-state index is 0. The first-order valence-corrected chi connectivity index (χ1v) is 8.48. The van der Waals surface area contributed by atoms with Crippen molar-refractivity contribution >= 4 is 29.9 Å². The third-order valence-electron chi connectivity index (χ3n) is 4.48. The first-order valence-electron chi connectivity index (χ1n) is 8.48. The minimum absolute atomic E-state index is 0. The number of guanidine groups is 1. The second kappa shape index (κ2) is 10.6. The largest absolute Gasteiger partial charge is 0.379 e. The molecule has 2 rings (SSSR count). The van der Waals surface area contributed by atoms with Crippen LogP contribution in [0.15, 0.2) is 4.99 Å². The van der Waals surface area contributed by atoms with Gasteiger partial charge in [-0.15, -0.1) is 24.0 Å². The summed E-state index contributed by atoms with van der Waals surface area (Å²) in [4.78, 5) is 9.45. The Morgan fingerprint density at radius 2 is 2.00 bits per heavy atom. The highest BCUT2D eigenvalue weighted by Gasteiger charge is 2.30. The fraction of sp³-hybridized carbons (Fsp3) is 0.938. The first kappa shape index (κ1) is 20.0. The lowest BCUT2D eigenvalue weighted by atomic mass is 10.1. The van der Waals surface area contributed by atoms with Crippen molar-refractivity contribution in [1.29, 1.82) is 0 Å². The Balaban J connectivity index is 0.00000242. The van der Waals surface area contributed by atoms with Crippen LogP contribution in [0.5, 0.6) is 0 Å². The van der Waals surface area contributed by atoms with Crippen LogP contribution in [0.25, 0.3) is 0 Å². The smallest absolute Gasteiger partial charge is 0.193 e. The Bertz CT molecular complexity index is 332. The summed E-state index contributed by atoms with van der Waals surface area (Å²) < 4.78 is 5.45. The monoisotopic (exact) mass is 424 g/mol. The van der Waals surface area contributed by atoms with E-state index in [-0.39, 0.29) is 24.0 Å². The van der Waals surface area contributed by atoms with E-state index in [0.717, 1.165) is 57.8 Å². The van der Waals surface area contributed by atoms with Crippen LogP contribution in [0.3, 0.4) is 0 Å². The summed E-state index contributed by atoms with van der Waals surface area (Å²) in [6, 6.07) is 0.670. The van der Waals surface area contributed by atoms with Crippen molar-refractivity contribution < 1.29 is 4.74 Å². The first-order chi connectivity index (χ1) is 10.2. The average molecular weight is 424 g/mol. The zero-order valence-electron chi connectivity index (χ0n) is 14.4. The van der Waals surface area contributed by atoms with Crippen LogP contribution >= 0.6 is 24.0 Å². The fourth-order valence-electron chi connectivity index (χ4n) is 3.22. The third kappa shape index (κ3) is 6.20. The van der Waals surface area contributed by atoms with Crippen LogP contribution in [-0.4, -0.2) is 74.8 Å². The maximum absolute atomic E-state index is 5.45. The fourth-order valence-corrected chi connectivity index (χ4v) is 3.22. The lowest BCUT2D eigenvalue weighted by molar-refractivity contribution is 0.0195. The highest BCUT2D eigenvalue weighted by molar-refractivity contribution is 14.0. The molecule has 1 unspecified atom stereocenters. The predicted octanol–water partition coefficient (Wildman–Crippen LogP) is 2.02. The van der Waals surface area contributed by atoms with Gasteiger partial charge in [0.2, 0.25) is 0 Å². The lowest BCUT2D eigenvalue weighted by Crippen LogP contribution is -2.46. The quantitative estimate of drug-likeness (QED) is 0.317. The zero-order valence-corrected chi connectivity index (χ0v) is 16.7. The number of halogens is 1. The van der Waals surface area contributed by atoms with Crippen LogP contribution in [0, 0.1) is 5.92 Å². The molecule has 5 nitrogen and oxygen atoms in total. The SMILES string of the molecule is CN=C(NCCCC(C)C)N1CCC(N2CCOCC2)C1.I. The van der Waals surface area contributed by atoms with Gasteiger partial charge in [-0.3, -0.25) is 9.89 Å². The Hall–Kier alpha value is -0.0800. The molecule has 0 radical (unpaired) electrons. The number of morpholine rings is 1. The molecule has 0 spiro atoms. The van der Waals surface area contributed by atoms with Crippen LogP contribution in [0.1, 0.15) is 33.1 Å². The molecule has 0 amide bonds. The van der Waals surface area contributed by atoms with Gasteiger partial charge in [0.05, 0.1) is 13.2 Å². The summed E-state index contributed by atoms with van der Waals surface area (Å²) in [6.45, 7) is 11.7. The van der Waals surface area contributed by atoms with E-state index in [1.165, 1.54) is 19.3 Å². The van der Waals surface area contributed by atoms with E-state index in [1.54, 1.807) is 0 Å². The number of hydrogen-bond donors (Lipinski definition) is 1. The van der Waals surface area contributed by atoms with E-state index in [9.17, 15) is 0 Å². The summed E-state index contributed by atoms with van der Waals surface area (Å²) in [5.41, 5.74) is 0. The molecule has 0 saturated carbocycles. The van der Waals surface area contributed by atoms with E-state index in [2.05, 4.69) is 34.0 Å². The van der Waals surface area contributed by atoms with E-state index in [1.807, 2.05) is 7.05 Å². The van der Waals surface area contributed by atoms with E-state index in [4.69, 9.17) is 4.74 Å². The molecule has 2 aliphatic heterocycles. The van der Waals surface area contributed by atoms with E-state index >= 15 is 0 Å². The lowest BCUT2D eigenvalue weighted by Gasteiger charge is -2.32. The minimum Gasteiger partial charge on any atom is -0.379 e. The number of nitrogens with one attached hydrogen (secondary N) is 1. The van der Waals surface area contributed by atoms with Gasteiger partial charge in [0.15, 0.2) is 5.96 Å². The molecule has 0 bridgehead atoms. The van der Waals surface area contributed by atoms with Crippen molar-refractivity contribution in [3.63, 3.8) is 0 Å². The van der Waals surface area contributed by atoms with E-state index in [0.29, 0.717) is 6.04 Å². The molecule has 0 aromatic carbocycles. The zero-order chi connectivity index (χ0) is 15.1. The van der Waals surface area contributed by atoms with Gasteiger partial charge in [-0.05, 0) is 25.2 Å². The normalized spacial score (nSPS) is 23.7. The summed E-state index contributed by atoms with van der Waals surface area (Å²) in [5.74, 6) is 1.86. The van der Waals surface area contributed by atoms with Crippen molar-refractivity contribution in [2.24, 2.45) is 10.9 Å². The maximum Gasteiger partial charge on any atom is 0.193 e. The van der Waals surface area contributed by atoms with Crippen LogP contribution in [0.4, 0.5) is 0 Å². The second-order valence-electron chi connectivity index (χ2n) is 6.55. The molecule has 0 aromatic rings. The van der Waals surface area contributed by atoms with Crippen molar-refractivity contribution in [2.45, 2.75) is 39.2 Å². The molecule has 130 valence electrons. The van der Waals surface area contributed by atoms with Gasteiger partial charge in [-0.2, -0.15) is 0 Å². The molecule has 1 N–H and O–H groups in total. The number of aliphatic imine (C=N–C) groups is 1. The summed E-state index contributed by atoms with van der Waals surface area (Å²) in [5, 5.41) is 3.52. The molecule has 0 aliphatic carbocycles. The van der Waals surface area contributed by atoms with Crippen LogP contribution < -0.4 is 5.32 Å². The molecule has 2 saturated heterocycles. The van der Waals surface area contributed by atoms with Gasteiger partial charge in [0.1, 0.15) is 0 Å². The maximum atomic E-state index is 5.45. The van der Waals surface area contributed by atoms with E-state index < -0.39 is 0 Å². The Labute approximate surface area is 152 Å². The standard InChI is InChI=1S/C16H32N4O.HI/c1-14(2)5-4-7-18-16(17-3)20-8-6-15(13-20)19-9-11-21-12-10-19;/h14-15H,4-13H2,1-3H3,(H,17,18);1H. The molecule has 22 heavy (non-hydrogen) atoms. The topological polar surface area (TPSA) is 40.1 Å². The highest BCUT2D eigenvalue weighted by Crippen LogP contribution is 2.17. The van der Waals surface area contributed by atoms with Gasteiger partial charge in [-0.1, -0.05) is 13.8 Å². The second-order valence-corrected chi connectivity index (χ2v) is 6.55. The highest BCUT2D eigenvalue weighted by atomic mass is 127. The van der Waals surface area contributed by atoms with Crippen LogP contribution in [0.2, 0.25) is 0 Å². The summed E-state index contributed by atoms with van der Waals surface area (Å²) in [6.07, 6.45) is 3.74. The molecule has 6 heteroatoms. The van der Waals surface area contributed by atoms with Crippen molar-refractivity contribution in [1.82, 2.24) is 15.1 Å². The van der Waals surface area contributed by atoms with Gasteiger partial charge >= 0.3 is 0 Å². The Kier molecular flexibility index (Phi) is 9.66. The molecule has 1 atom stereocenters. The summed E-state index contributed by atoms with van der Waals surface area (Å²) in [7, 11) is 1.90. The Morgan fingerprint density at radius 1 is 1.27 bits per heavy atom. The van der Waals surface area contributed by atoms with Crippen LogP contribution in [-0.2, 0) is 4.74 Å². The van der Waals surface area contributed by atoms with Crippen molar-refractivity contribution in [3.05, 3.63) is 0 Å². The molecule has 2 aliphatic rings. The molecular weight excluding hydrogens is 391 g/mol. The number of ether oxygens (including phenoxy) is 1. The predicted molar refractivity (Wildman–Crippen MR) is 103 cm³/mol. The van der Waals surface area contributed by atoms with Crippen molar-refractivity contribution in [3.8, 4) is 0 Å². The number of nitrogens with zero attached hydrogens (tertiary/aromatic N) is 3. The van der Waals surface area contributed by atoms with Gasteiger partial charge in [-0.25, -0.2) is 0 Å². The third-order valence-corrected chi connectivity index (χ3v) is 4.48. The summed E-state index contributed by atoms with van der Waals surface area (Å²) >= 11 is 0. The number of rotatable bonds is 5. The average Bonchev–Trinajstić information content (AvgIpc) is 2.98. The molecule has 2 heterocycles. The van der Waals surface area contributed by atoms with Crippen molar-refractivity contribution in [2.75, 3.05) is 53.0 Å². The molecule has 2 fully saturated rings. The molecular formula is C16H33IN4O.